The summed E-state index contributed by atoms with van der Waals surface area (Å²) >= 11 is 5.48. The van der Waals surface area contributed by atoms with E-state index in [1.165, 1.54) is 5.56 Å². The zero-order valence-electron chi connectivity index (χ0n) is 24.1. The fourth-order valence-corrected chi connectivity index (χ4v) is 4.42. The predicted molar refractivity (Wildman–Crippen MR) is 164 cm³/mol. The SMILES string of the molecule is CCOc1cc(C(=O)NC(=S)Nc2cc(-c3nc4cc(C(C)C)ccc4o3)ccc2OC)cc(OCC)c1OCC. The number of thiocarbonyl (C=S) groups is 1. The van der Waals surface area contributed by atoms with Crippen LogP contribution in [0.4, 0.5) is 5.69 Å². The number of carbonyl (C=O) groups is 1. The van der Waals surface area contributed by atoms with Gasteiger partial charge in [-0.2, -0.15) is 0 Å². The molecule has 1 heterocycles. The number of hydrogen-bond acceptors (Lipinski definition) is 8. The van der Waals surface area contributed by atoms with Crippen LogP contribution in [0.5, 0.6) is 23.0 Å². The maximum atomic E-state index is 13.2. The van der Waals surface area contributed by atoms with Crippen molar-refractivity contribution in [2.45, 2.75) is 40.5 Å². The summed E-state index contributed by atoms with van der Waals surface area (Å²) < 4.78 is 28.7. The number of oxazole rings is 1. The first kappa shape index (κ1) is 29.7. The monoisotopic (exact) mass is 577 g/mol. The average molecular weight is 578 g/mol. The van der Waals surface area contributed by atoms with E-state index in [0.29, 0.717) is 71.5 Å². The summed E-state index contributed by atoms with van der Waals surface area (Å²) in [5, 5.41) is 5.86. The van der Waals surface area contributed by atoms with Gasteiger partial charge in [0.05, 0.1) is 32.6 Å². The quantitative estimate of drug-likeness (QED) is 0.183. The lowest BCUT2D eigenvalue weighted by Crippen LogP contribution is -2.34. The van der Waals surface area contributed by atoms with Gasteiger partial charge in [-0.15, -0.1) is 0 Å². The van der Waals surface area contributed by atoms with Crippen LogP contribution in [0.2, 0.25) is 0 Å². The fraction of sp³-hybridized carbons (Fsp3) is 0.323. The second-order valence-corrected chi connectivity index (χ2v) is 9.73. The molecule has 0 atom stereocenters. The highest BCUT2D eigenvalue weighted by Crippen LogP contribution is 2.39. The summed E-state index contributed by atoms with van der Waals surface area (Å²) in [6, 6.07) is 14.7. The molecular formula is C31H35N3O6S. The van der Waals surface area contributed by atoms with Crippen LogP contribution in [0, 0.1) is 0 Å². The highest BCUT2D eigenvalue weighted by Gasteiger charge is 2.20. The van der Waals surface area contributed by atoms with Gasteiger partial charge in [0.25, 0.3) is 5.91 Å². The first-order valence-electron chi connectivity index (χ1n) is 13.5. The van der Waals surface area contributed by atoms with Crippen molar-refractivity contribution in [3.8, 4) is 34.5 Å². The largest absolute Gasteiger partial charge is 0.495 e. The van der Waals surface area contributed by atoms with E-state index in [1.54, 1.807) is 25.3 Å². The summed E-state index contributed by atoms with van der Waals surface area (Å²) in [5.74, 6) is 2.21. The zero-order valence-corrected chi connectivity index (χ0v) is 24.9. The normalized spacial score (nSPS) is 10.9. The number of nitrogens with zero attached hydrogens (tertiary/aromatic N) is 1. The predicted octanol–water partition coefficient (Wildman–Crippen LogP) is 6.95. The molecule has 2 N–H and O–H groups in total. The molecule has 0 bridgehead atoms. The van der Waals surface area contributed by atoms with E-state index in [4.69, 9.17) is 35.6 Å². The van der Waals surface area contributed by atoms with Gasteiger partial charge in [-0.25, -0.2) is 4.98 Å². The van der Waals surface area contributed by atoms with E-state index >= 15 is 0 Å². The number of carbonyl (C=O) groups excluding carboxylic acids is 1. The van der Waals surface area contributed by atoms with Gasteiger partial charge in [0.2, 0.25) is 11.6 Å². The number of ether oxygens (including phenoxy) is 4. The Morgan fingerprint density at radius 2 is 1.61 bits per heavy atom. The number of methoxy groups -OCH3 is 1. The van der Waals surface area contributed by atoms with Gasteiger partial charge < -0.3 is 28.7 Å². The minimum atomic E-state index is -0.442. The molecular weight excluding hydrogens is 542 g/mol. The molecule has 0 saturated carbocycles. The topological polar surface area (TPSA) is 104 Å². The number of amides is 1. The lowest BCUT2D eigenvalue weighted by Gasteiger charge is -2.17. The molecule has 10 heteroatoms. The molecule has 0 saturated heterocycles. The Labute approximate surface area is 245 Å². The van der Waals surface area contributed by atoms with Crippen molar-refractivity contribution >= 4 is 40.0 Å². The minimum Gasteiger partial charge on any atom is -0.495 e. The summed E-state index contributed by atoms with van der Waals surface area (Å²) in [6.07, 6.45) is 0. The number of benzene rings is 3. The van der Waals surface area contributed by atoms with E-state index in [2.05, 4.69) is 29.5 Å². The molecule has 1 amide bonds. The highest BCUT2D eigenvalue weighted by molar-refractivity contribution is 7.80. The van der Waals surface area contributed by atoms with Gasteiger partial charge in [0.15, 0.2) is 22.2 Å². The van der Waals surface area contributed by atoms with Crippen LogP contribution >= 0.6 is 12.2 Å². The van der Waals surface area contributed by atoms with Crippen molar-refractivity contribution in [1.82, 2.24) is 10.3 Å². The van der Waals surface area contributed by atoms with Crippen LogP contribution in [-0.4, -0.2) is 42.9 Å². The number of rotatable bonds is 11. The summed E-state index contributed by atoms with van der Waals surface area (Å²) in [4.78, 5) is 17.9. The Hall–Kier alpha value is -4.31. The molecule has 41 heavy (non-hydrogen) atoms. The van der Waals surface area contributed by atoms with Crippen LogP contribution in [0.25, 0.3) is 22.6 Å². The van der Waals surface area contributed by atoms with Crippen LogP contribution in [0.15, 0.2) is 52.9 Å². The van der Waals surface area contributed by atoms with E-state index in [9.17, 15) is 4.79 Å². The molecule has 1 aromatic heterocycles. The Morgan fingerprint density at radius 1 is 0.927 bits per heavy atom. The van der Waals surface area contributed by atoms with Gasteiger partial charge in [-0.1, -0.05) is 19.9 Å². The summed E-state index contributed by atoms with van der Waals surface area (Å²) in [6.45, 7) is 11.1. The van der Waals surface area contributed by atoms with E-state index in [1.807, 2.05) is 51.1 Å². The molecule has 3 aromatic carbocycles. The lowest BCUT2D eigenvalue weighted by molar-refractivity contribution is 0.0976. The van der Waals surface area contributed by atoms with Gasteiger partial charge in [-0.3, -0.25) is 10.1 Å². The van der Waals surface area contributed by atoms with Crippen molar-refractivity contribution in [2.75, 3.05) is 32.2 Å². The maximum absolute atomic E-state index is 13.2. The van der Waals surface area contributed by atoms with Crippen molar-refractivity contribution in [3.05, 3.63) is 59.7 Å². The summed E-state index contributed by atoms with van der Waals surface area (Å²) in [5.41, 5.74) is 4.23. The second kappa shape index (κ2) is 13.4. The maximum Gasteiger partial charge on any atom is 0.257 e. The lowest BCUT2D eigenvalue weighted by atomic mass is 10.0. The Kier molecular flexibility index (Phi) is 9.67. The van der Waals surface area contributed by atoms with Crippen LogP contribution in [0.1, 0.15) is 56.5 Å². The first-order valence-corrected chi connectivity index (χ1v) is 14.0. The molecule has 0 spiro atoms. The molecule has 216 valence electrons. The average Bonchev–Trinajstić information content (AvgIpc) is 3.38. The molecule has 9 nitrogen and oxygen atoms in total. The second-order valence-electron chi connectivity index (χ2n) is 9.32. The number of hydrogen-bond donors (Lipinski definition) is 2. The number of aromatic nitrogens is 1. The zero-order chi connectivity index (χ0) is 29.5. The van der Waals surface area contributed by atoms with Crippen molar-refractivity contribution in [1.29, 1.82) is 0 Å². The molecule has 4 rings (SSSR count). The molecule has 0 aliphatic heterocycles. The third-order valence-electron chi connectivity index (χ3n) is 6.17. The fourth-order valence-electron chi connectivity index (χ4n) is 4.21. The van der Waals surface area contributed by atoms with Crippen LogP contribution in [0.3, 0.4) is 0 Å². The standard InChI is InChI=1S/C31H35N3O6S/c1-7-37-26-16-21(17-27(38-8-2)28(26)39-9-3)29(35)34-31(41)33-22-15-20(11-12-24(22)36-6)30-32-23-14-19(18(4)5)10-13-25(23)40-30/h10-18H,7-9H2,1-6H3,(H2,33,34,35,41). The van der Waals surface area contributed by atoms with E-state index < -0.39 is 5.91 Å². The van der Waals surface area contributed by atoms with Gasteiger partial charge in [-0.05, 0) is 86.9 Å². The molecule has 0 fully saturated rings. The smallest absolute Gasteiger partial charge is 0.257 e. The van der Waals surface area contributed by atoms with E-state index in [0.717, 1.165) is 11.1 Å². The molecule has 0 aliphatic carbocycles. The molecule has 4 aromatic rings. The Bertz CT molecular complexity index is 1520. The van der Waals surface area contributed by atoms with Crippen molar-refractivity contribution in [2.24, 2.45) is 0 Å². The molecule has 0 unspecified atom stereocenters. The molecule has 0 radical (unpaired) electrons. The first-order chi connectivity index (χ1) is 19.8. The van der Waals surface area contributed by atoms with E-state index in [-0.39, 0.29) is 5.11 Å². The van der Waals surface area contributed by atoms with Crippen LogP contribution < -0.4 is 29.6 Å². The van der Waals surface area contributed by atoms with Gasteiger partial charge in [0, 0.05) is 11.1 Å². The van der Waals surface area contributed by atoms with Gasteiger partial charge >= 0.3 is 0 Å². The number of nitrogens with one attached hydrogen (secondary N) is 2. The Morgan fingerprint density at radius 3 is 2.22 bits per heavy atom. The number of anilines is 1. The van der Waals surface area contributed by atoms with Crippen molar-refractivity contribution in [3.63, 3.8) is 0 Å². The van der Waals surface area contributed by atoms with Gasteiger partial charge in [0.1, 0.15) is 11.3 Å². The molecule has 0 aliphatic rings. The third-order valence-corrected chi connectivity index (χ3v) is 6.38. The third kappa shape index (κ3) is 6.89. The van der Waals surface area contributed by atoms with Crippen LogP contribution in [-0.2, 0) is 0 Å². The minimum absolute atomic E-state index is 0.0781. The summed E-state index contributed by atoms with van der Waals surface area (Å²) in [7, 11) is 1.55. The van der Waals surface area contributed by atoms with Crippen molar-refractivity contribution < 1.29 is 28.2 Å². The Balaban J connectivity index is 1.56. The number of fused-ring (bicyclic) bond motifs is 1. The highest BCUT2D eigenvalue weighted by atomic mass is 32.1.